The fraction of sp³-hybridized carbons (Fsp3) is 0.500. The molecule has 1 aromatic heterocycles. The van der Waals surface area contributed by atoms with Gasteiger partial charge in [0.25, 0.3) is 0 Å². The van der Waals surface area contributed by atoms with Crippen molar-refractivity contribution in [2.24, 2.45) is 5.73 Å². The van der Waals surface area contributed by atoms with Gasteiger partial charge in [0.15, 0.2) is 0 Å². The summed E-state index contributed by atoms with van der Waals surface area (Å²) in [7, 11) is 0. The molecule has 0 aliphatic carbocycles. The van der Waals surface area contributed by atoms with E-state index < -0.39 is 49.0 Å². The zero-order valence-corrected chi connectivity index (χ0v) is 17.8. The normalized spacial score (nSPS) is 19.4. The zero-order chi connectivity index (χ0) is 22.8. The first-order valence-corrected chi connectivity index (χ1v) is 10.6. The van der Waals surface area contributed by atoms with Crippen molar-refractivity contribution in [1.29, 1.82) is 0 Å². The van der Waals surface area contributed by atoms with Gasteiger partial charge in [-0.05, 0) is 17.9 Å². The van der Waals surface area contributed by atoms with Gasteiger partial charge < -0.3 is 30.5 Å². The molecular weight excluding hydrogens is 426 g/mol. The third kappa shape index (κ3) is 7.78. The summed E-state index contributed by atoms with van der Waals surface area (Å²) in [5.41, 5.74) is 5.47. The molecule has 0 radical (unpaired) electrons. The Balaban J connectivity index is 2.09. The summed E-state index contributed by atoms with van der Waals surface area (Å²) < 4.78 is 10.5. The number of rotatable bonds is 12. The topological polar surface area (TPSA) is 148 Å². The highest BCUT2D eigenvalue weighted by Crippen LogP contribution is 2.21. The molecule has 1 aliphatic rings. The van der Waals surface area contributed by atoms with Crippen LogP contribution in [0.2, 0.25) is 0 Å². The van der Waals surface area contributed by atoms with E-state index in [4.69, 9.17) is 20.3 Å². The number of thiophene rings is 1. The average Bonchev–Trinajstić information content (AvgIpc) is 3.24. The monoisotopic (exact) mass is 453 g/mol. The lowest BCUT2D eigenvalue weighted by Gasteiger charge is -2.38. The summed E-state index contributed by atoms with van der Waals surface area (Å²) in [5, 5.41) is 13.2. The van der Waals surface area contributed by atoms with Gasteiger partial charge in [-0.25, -0.2) is 4.79 Å². The Morgan fingerprint density at radius 2 is 2.16 bits per heavy atom. The third-order valence-electron chi connectivity index (χ3n) is 4.72. The lowest BCUT2D eigenvalue weighted by atomic mass is 9.97. The third-order valence-corrected chi connectivity index (χ3v) is 5.62. The Morgan fingerprint density at radius 3 is 2.77 bits per heavy atom. The van der Waals surface area contributed by atoms with E-state index in [0.717, 1.165) is 4.88 Å². The maximum Gasteiger partial charge on any atom is 0.329 e. The number of nitrogens with two attached hydrogens (primary N) is 1. The minimum absolute atomic E-state index is 0.217. The number of nitrogens with zero attached hydrogens (tertiary/aromatic N) is 1. The van der Waals surface area contributed by atoms with Gasteiger partial charge in [0.1, 0.15) is 25.3 Å². The predicted octanol–water partition coefficient (Wildman–Crippen LogP) is -0.0759. The Bertz CT molecular complexity index is 784. The molecule has 10 nitrogen and oxygen atoms in total. The second kappa shape index (κ2) is 12.2. The van der Waals surface area contributed by atoms with Crippen LogP contribution in [0.1, 0.15) is 17.7 Å². The zero-order valence-electron chi connectivity index (χ0n) is 17.0. The largest absolute Gasteiger partial charge is 0.480 e. The lowest BCUT2D eigenvalue weighted by Crippen LogP contribution is -2.58. The number of amides is 3. The molecule has 31 heavy (non-hydrogen) atoms. The Hall–Kier alpha value is -2.76. The number of ether oxygens (including phenoxy) is 2. The minimum Gasteiger partial charge on any atom is -0.480 e. The molecule has 0 bridgehead atoms. The highest BCUT2D eigenvalue weighted by molar-refractivity contribution is 7.09. The molecule has 4 N–H and O–H groups in total. The summed E-state index contributed by atoms with van der Waals surface area (Å²) in [5.74, 6) is -2.92. The van der Waals surface area contributed by atoms with Gasteiger partial charge in [0, 0.05) is 24.3 Å². The quantitative estimate of drug-likeness (QED) is 0.375. The molecule has 170 valence electrons. The first kappa shape index (κ1) is 24.5. The van der Waals surface area contributed by atoms with Crippen molar-refractivity contribution in [2.75, 3.05) is 26.4 Å². The number of hydrogen-bond donors (Lipinski definition) is 3. The van der Waals surface area contributed by atoms with E-state index >= 15 is 0 Å². The molecule has 1 aliphatic heterocycles. The summed E-state index contributed by atoms with van der Waals surface area (Å²) in [6.45, 7) is 3.04. The van der Waals surface area contributed by atoms with Crippen LogP contribution < -0.4 is 11.1 Å². The van der Waals surface area contributed by atoms with Crippen LogP contribution >= 0.6 is 11.3 Å². The number of piperidine rings is 1. The Kier molecular flexibility index (Phi) is 9.63. The van der Waals surface area contributed by atoms with E-state index in [2.05, 4.69) is 11.9 Å². The van der Waals surface area contributed by atoms with E-state index in [1.54, 1.807) is 6.08 Å². The fourth-order valence-electron chi connectivity index (χ4n) is 3.26. The van der Waals surface area contributed by atoms with Crippen LogP contribution in [0.15, 0.2) is 30.2 Å². The number of hydrogen-bond acceptors (Lipinski definition) is 7. The SMILES string of the molecule is C=CCO[C@@H]1CCN(C(=O)COCC(=O)O)[C@H](C(=O)N[C@@H](Cc2cccs2)C(N)=O)C1. The molecule has 1 saturated heterocycles. The first-order valence-electron chi connectivity index (χ1n) is 9.75. The lowest BCUT2D eigenvalue weighted by molar-refractivity contribution is -0.152. The van der Waals surface area contributed by atoms with Gasteiger partial charge in [-0.1, -0.05) is 12.1 Å². The Morgan fingerprint density at radius 1 is 1.39 bits per heavy atom. The highest BCUT2D eigenvalue weighted by atomic mass is 32.1. The van der Waals surface area contributed by atoms with E-state index in [-0.39, 0.29) is 25.5 Å². The second-order valence-electron chi connectivity index (χ2n) is 7.00. The first-order chi connectivity index (χ1) is 14.8. The van der Waals surface area contributed by atoms with Gasteiger partial charge >= 0.3 is 5.97 Å². The van der Waals surface area contributed by atoms with Gasteiger partial charge in [-0.3, -0.25) is 14.4 Å². The number of aliphatic carboxylic acids is 1. The van der Waals surface area contributed by atoms with Crippen LogP contribution in [-0.2, 0) is 35.1 Å². The molecule has 1 aromatic rings. The van der Waals surface area contributed by atoms with Crippen molar-refractivity contribution >= 4 is 35.0 Å². The minimum atomic E-state index is -1.20. The maximum absolute atomic E-state index is 13.0. The van der Waals surface area contributed by atoms with Crippen LogP contribution in [0.4, 0.5) is 0 Å². The summed E-state index contributed by atoms with van der Waals surface area (Å²) in [6.07, 6.45) is 2.28. The molecule has 3 atom stereocenters. The van der Waals surface area contributed by atoms with Gasteiger partial charge in [-0.2, -0.15) is 0 Å². The molecule has 2 heterocycles. The molecule has 0 saturated carbocycles. The van der Waals surface area contributed by atoms with Crippen molar-refractivity contribution in [1.82, 2.24) is 10.2 Å². The number of carbonyl (C=O) groups excluding carboxylic acids is 3. The van der Waals surface area contributed by atoms with Gasteiger partial charge in [0.05, 0.1) is 12.7 Å². The fourth-order valence-corrected chi connectivity index (χ4v) is 4.02. The van der Waals surface area contributed by atoms with E-state index in [1.807, 2.05) is 17.5 Å². The van der Waals surface area contributed by atoms with E-state index in [9.17, 15) is 19.2 Å². The van der Waals surface area contributed by atoms with E-state index in [0.29, 0.717) is 13.0 Å². The average molecular weight is 454 g/mol. The van der Waals surface area contributed by atoms with Crippen LogP contribution in [0, 0.1) is 0 Å². The number of carboxylic acid groups (broad SMARTS) is 1. The van der Waals surface area contributed by atoms with Crippen LogP contribution in [0.5, 0.6) is 0 Å². The maximum atomic E-state index is 13.0. The number of likely N-dealkylation sites (tertiary alicyclic amines) is 1. The summed E-state index contributed by atoms with van der Waals surface area (Å²) >= 11 is 1.44. The number of primary amides is 1. The van der Waals surface area contributed by atoms with Crippen LogP contribution in [0.3, 0.4) is 0 Å². The molecule has 0 unspecified atom stereocenters. The van der Waals surface area contributed by atoms with Crippen LogP contribution in [0.25, 0.3) is 0 Å². The molecule has 3 amide bonds. The standard InChI is InChI=1S/C20H27N3O7S/c1-2-7-30-13-5-6-23(17(24)11-29-12-18(25)26)16(9-13)20(28)22-15(19(21)27)10-14-4-3-8-31-14/h2-4,8,13,15-16H,1,5-7,9-12H2,(H2,21,27)(H,22,28)(H,25,26)/t13-,15+,16+/m1/s1. The Labute approximate surface area is 184 Å². The van der Waals surface area contributed by atoms with Crippen molar-refractivity contribution in [3.05, 3.63) is 35.0 Å². The molecular formula is C20H27N3O7S. The van der Waals surface area contributed by atoms with Crippen molar-refractivity contribution in [2.45, 2.75) is 37.5 Å². The van der Waals surface area contributed by atoms with Crippen molar-refractivity contribution in [3.8, 4) is 0 Å². The highest BCUT2D eigenvalue weighted by Gasteiger charge is 2.37. The summed E-state index contributed by atoms with van der Waals surface area (Å²) in [6, 6.07) is 1.83. The molecule has 0 aromatic carbocycles. The van der Waals surface area contributed by atoms with Gasteiger partial charge in [0.2, 0.25) is 17.7 Å². The summed E-state index contributed by atoms with van der Waals surface area (Å²) in [4.78, 5) is 50.3. The van der Waals surface area contributed by atoms with Gasteiger partial charge in [-0.15, -0.1) is 17.9 Å². The second-order valence-corrected chi connectivity index (χ2v) is 8.04. The number of carboxylic acids is 1. The van der Waals surface area contributed by atoms with Crippen molar-refractivity contribution in [3.63, 3.8) is 0 Å². The predicted molar refractivity (Wildman–Crippen MR) is 112 cm³/mol. The number of carbonyl (C=O) groups is 4. The molecule has 2 rings (SSSR count). The van der Waals surface area contributed by atoms with E-state index in [1.165, 1.54) is 16.2 Å². The molecule has 0 spiro atoms. The van der Waals surface area contributed by atoms with Crippen LogP contribution in [-0.4, -0.2) is 78.3 Å². The molecule has 11 heteroatoms. The number of nitrogens with one attached hydrogen (secondary N) is 1. The molecule has 1 fully saturated rings. The smallest absolute Gasteiger partial charge is 0.329 e. The van der Waals surface area contributed by atoms with Crippen molar-refractivity contribution < 1.29 is 33.8 Å².